The predicted octanol–water partition coefficient (Wildman–Crippen LogP) is 0.837. The van der Waals surface area contributed by atoms with Crippen LogP contribution in [0.25, 0.3) is 0 Å². The number of aliphatic hydroxyl groups is 1. The third kappa shape index (κ3) is 4.49. The van der Waals surface area contributed by atoms with Crippen LogP contribution in [0.2, 0.25) is 0 Å². The molecule has 0 radical (unpaired) electrons. The van der Waals surface area contributed by atoms with Crippen molar-refractivity contribution in [1.82, 2.24) is 4.72 Å². The third-order valence-electron chi connectivity index (χ3n) is 2.05. The molecule has 0 bridgehead atoms. The molecular formula is C10H14ClNO3S. The first-order valence-electron chi connectivity index (χ1n) is 4.79. The molecule has 0 saturated heterocycles. The Morgan fingerprint density at radius 1 is 1.19 bits per heavy atom. The Labute approximate surface area is 100 Å². The van der Waals surface area contributed by atoms with Crippen molar-refractivity contribution in [2.75, 3.05) is 11.6 Å². The summed E-state index contributed by atoms with van der Waals surface area (Å²) >= 11 is 5.36. The molecule has 0 amide bonds. The van der Waals surface area contributed by atoms with Gasteiger partial charge < -0.3 is 5.11 Å². The topological polar surface area (TPSA) is 66.4 Å². The summed E-state index contributed by atoms with van der Waals surface area (Å²) in [6.45, 7) is 0.225. The van der Waals surface area contributed by atoms with Crippen LogP contribution in [0.15, 0.2) is 24.3 Å². The van der Waals surface area contributed by atoms with Crippen molar-refractivity contribution in [3.05, 3.63) is 35.4 Å². The normalized spacial score (nSPS) is 11.6. The van der Waals surface area contributed by atoms with Crippen molar-refractivity contribution in [3.63, 3.8) is 0 Å². The maximum Gasteiger partial charge on any atom is 0.213 e. The van der Waals surface area contributed by atoms with Crippen LogP contribution in [-0.2, 0) is 23.2 Å². The summed E-state index contributed by atoms with van der Waals surface area (Å²) in [5.74, 6) is 0.00205. The second kappa shape index (κ2) is 6.20. The lowest BCUT2D eigenvalue weighted by atomic mass is 10.1. The fourth-order valence-electron chi connectivity index (χ4n) is 1.13. The first-order chi connectivity index (χ1) is 7.57. The lowest BCUT2D eigenvalue weighted by Crippen LogP contribution is -2.26. The smallest absolute Gasteiger partial charge is 0.213 e. The van der Waals surface area contributed by atoms with Crippen molar-refractivity contribution in [2.45, 2.75) is 13.2 Å². The van der Waals surface area contributed by atoms with E-state index in [4.69, 9.17) is 16.7 Å². The van der Waals surface area contributed by atoms with Crippen LogP contribution >= 0.6 is 11.6 Å². The van der Waals surface area contributed by atoms with Gasteiger partial charge in [0.15, 0.2) is 0 Å². The summed E-state index contributed by atoms with van der Waals surface area (Å²) in [5.41, 5.74) is 1.64. The number of alkyl halides is 1. The summed E-state index contributed by atoms with van der Waals surface area (Å²) in [4.78, 5) is 0. The van der Waals surface area contributed by atoms with Crippen LogP contribution in [-0.4, -0.2) is 25.2 Å². The Bertz CT molecular complexity index is 416. The number of benzene rings is 1. The first kappa shape index (κ1) is 13.4. The van der Waals surface area contributed by atoms with Gasteiger partial charge in [-0.15, -0.1) is 11.6 Å². The van der Waals surface area contributed by atoms with Crippen LogP contribution in [0.5, 0.6) is 0 Å². The van der Waals surface area contributed by atoms with Crippen LogP contribution in [0.1, 0.15) is 11.1 Å². The maximum atomic E-state index is 11.3. The van der Waals surface area contributed by atoms with Gasteiger partial charge in [0.25, 0.3) is 0 Å². The minimum Gasteiger partial charge on any atom is -0.392 e. The van der Waals surface area contributed by atoms with E-state index in [2.05, 4.69) is 4.72 Å². The minimum absolute atomic E-state index is 0.0156. The molecule has 0 atom stereocenters. The standard InChI is InChI=1S/C10H14ClNO3S/c11-5-6-16(14,15)12-7-9-1-3-10(8-13)4-2-9/h1-4,12-13H,5-8H2. The highest BCUT2D eigenvalue weighted by Gasteiger charge is 2.08. The molecule has 1 aromatic rings. The Hall–Kier alpha value is -0.620. The fourth-order valence-corrected chi connectivity index (χ4v) is 2.47. The van der Waals surface area contributed by atoms with E-state index in [1.165, 1.54) is 0 Å². The molecule has 0 saturated carbocycles. The van der Waals surface area contributed by atoms with Crippen molar-refractivity contribution >= 4 is 21.6 Å². The van der Waals surface area contributed by atoms with E-state index in [1.807, 2.05) is 0 Å². The van der Waals surface area contributed by atoms with E-state index in [-0.39, 0.29) is 24.8 Å². The Kier molecular flexibility index (Phi) is 5.21. The van der Waals surface area contributed by atoms with Crippen molar-refractivity contribution in [1.29, 1.82) is 0 Å². The molecule has 16 heavy (non-hydrogen) atoms. The highest BCUT2D eigenvalue weighted by Crippen LogP contribution is 2.04. The summed E-state index contributed by atoms with van der Waals surface area (Å²) in [6.07, 6.45) is 0. The average molecular weight is 264 g/mol. The average Bonchev–Trinajstić information content (AvgIpc) is 2.27. The zero-order chi connectivity index (χ0) is 12.0. The molecule has 0 spiro atoms. The number of hydrogen-bond acceptors (Lipinski definition) is 3. The molecule has 6 heteroatoms. The van der Waals surface area contributed by atoms with Gasteiger partial charge in [-0.05, 0) is 11.1 Å². The molecule has 4 nitrogen and oxygen atoms in total. The van der Waals surface area contributed by atoms with Gasteiger partial charge in [-0.25, -0.2) is 13.1 Å². The predicted molar refractivity (Wildman–Crippen MR) is 63.7 cm³/mol. The van der Waals surface area contributed by atoms with Crippen LogP contribution in [0, 0.1) is 0 Å². The van der Waals surface area contributed by atoms with Gasteiger partial charge in [-0.1, -0.05) is 24.3 Å². The van der Waals surface area contributed by atoms with Gasteiger partial charge >= 0.3 is 0 Å². The number of halogens is 1. The highest BCUT2D eigenvalue weighted by molar-refractivity contribution is 7.89. The molecule has 0 unspecified atom stereocenters. The second-order valence-corrected chi connectivity index (χ2v) is 5.61. The lowest BCUT2D eigenvalue weighted by Gasteiger charge is -2.05. The van der Waals surface area contributed by atoms with E-state index in [0.717, 1.165) is 11.1 Å². The third-order valence-corrected chi connectivity index (χ3v) is 3.79. The van der Waals surface area contributed by atoms with E-state index < -0.39 is 10.0 Å². The Balaban J connectivity index is 2.54. The number of nitrogens with one attached hydrogen (secondary N) is 1. The Morgan fingerprint density at radius 2 is 1.75 bits per heavy atom. The molecule has 0 fully saturated rings. The van der Waals surface area contributed by atoms with Gasteiger partial charge in [0, 0.05) is 12.4 Å². The van der Waals surface area contributed by atoms with Gasteiger partial charge in [0.05, 0.1) is 12.4 Å². The number of aliphatic hydroxyl groups excluding tert-OH is 1. The molecule has 0 aliphatic carbocycles. The summed E-state index contributed by atoms with van der Waals surface area (Å²) in [6, 6.07) is 7.06. The molecule has 1 aromatic carbocycles. The van der Waals surface area contributed by atoms with E-state index in [1.54, 1.807) is 24.3 Å². The summed E-state index contributed by atoms with van der Waals surface area (Å²) in [5, 5.41) is 8.83. The van der Waals surface area contributed by atoms with E-state index in [9.17, 15) is 8.42 Å². The first-order valence-corrected chi connectivity index (χ1v) is 6.98. The van der Waals surface area contributed by atoms with Gasteiger partial charge in [-0.2, -0.15) is 0 Å². The lowest BCUT2D eigenvalue weighted by molar-refractivity contribution is 0.282. The van der Waals surface area contributed by atoms with Crippen molar-refractivity contribution in [3.8, 4) is 0 Å². The van der Waals surface area contributed by atoms with E-state index in [0.29, 0.717) is 0 Å². The van der Waals surface area contributed by atoms with Crippen LogP contribution < -0.4 is 4.72 Å². The maximum absolute atomic E-state index is 11.3. The second-order valence-electron chi connectivity index (χ2n) is 3.30. The molecule has 0 aliphatic rings. The zero-order valence-corrected chi connectivity index (χ0v) is 10.3. The highest BCUT2D eigenvalue weighted by atomic mass is 35.5. The van der Waals surface area contributed by atoms with Gasteiger partial charge in [-0.3, -0.25) is 0 Å². The number of hydrogen-bond donors (Lipinski definition) is 2. The quantitative estimate of drug-likeness (QED) is 0.748. The number of sulfonamides is 1. The minimum atomic E-state index is -3.28. The van der Waals surface area contributed by atoms with Crippen LogP contribution in [0.3, 0.4) is 0 Å². The van der Waals surface area contributed by atoms with Gasteiger partial charge in [0.1, 0.15) is 0 Å². The molecule has 0 aromatic heterocycles. The van der Waals surface area contributed by atoms with Crippen LogP contribution in [0.4, 0.5) is 0 Å². The zero-order valence-electron chi connectivity index (χ0n) is 8.69. The molecule has 2 N–H and O–H groups in total. The summed E-state index contributed by atoms with van der Waals surface area (Å²) < 4.78 is 25.0. The molecule has 0 aliphatic heterocycles. The monoisotopic (exact) mass is 263 g/mol. The molecular weight excluding hydrogens is 250 g/mol. The number of rotatable bonds is 6. The van der Waals surface area contributed by atoms with Crippen molar-refractivity contribution < 1.29 is 13.5 Å². The Morgan fingerprint density at radius 3 is 2.25 bits per heavy atom. The summed E-state index contributed by atoms with van der Waals surface area (Å²) in [7, 11) is -3.28. The largest absolute Gasteiger partial charge is 0.392 e. The molecule has 90 valence electrons. The van der Waals surface area contributed by atoms with E-state index >= 15 is 0 Å². The van der Waals surface area contributed by atoms with Crippen molar-refractivity contribution in [2.24, 2.45) is 0 Å². The van der Waals surface area contributed by atoms with Gasteiger partial charge in [0.2, 0.25) is 10.0 Å². The SMILES string of the molecule is O=S(=O)(CCCl)NCc1ccc(CO)cc1. The molecule has 1 rings (SSSR count). The molecule has 0 heterocycles. The fraction of sp³-hybridized carbons (Fsp3) is 0.400.